The van der Waals surface area contributed by atoms with Crippen molar-refractivity contribution < 1.29 is 4.39 Å². The smallest absolute Gasteiger partial charge is 0.123 e. The molecule has 1 fully saturated rings. The van der Waals surface area contributed by atoms with Gasteiger partial charge in [0, 0.05) is 30.1 Å². The summed E-state index contributed by atoms with van der Waals surface area (Å²) in [5.74, 6) is -0.179. The van der Waals surface area contributed by atoms with E-state index >= 15 is 0 Å². The Morgan fingerprint density at radius 3 is 2.89 bits per heavy atom. The lowest BCUT2D eigenvalue weighted by molar-refractivity contribution is 0.0896. The van der Waals surface area contributed by atoms with Gasteiger partial charge in [0.15, 0.2) is 0 Å². The normalized spacial score (nSPS) is 24.2. The summed E-state index contributed by atoms with van der Waals surface area (Å²) < 4.78 is 14.2. The fourth-order valence-corrected chi connectivity index (χ4v) is 2.90. The van der Waals surface area contributed by atoms with Crippen molar-refractivity contribution in [2.45, 2.75) is 32.9 Å². The SMILES string of the molecule is CC1(C)CN(Cc2cc(F)ccc2Br)CCC1N. The van der Waals surface area contributed by atoms with Gasteiger partial charge >= 0.3 is 0 Å². The van der Waals surface area contributed by atoms with Crippen molar-refractivity contribution in [2.75, 3.05) is 13.1 Å². The van der Waals surface area contributed by atoms with E-state index in [1.807, 2.05) is 0 Å². The molecule has 100 valence electrons. The lowest BCUT2D eigenvalue weighted by Crippen LogP contribution is -2.52. The van der Waals surface area contributed by atoms with Gasteiger partial charge in [0.05, 0.1) is 0 Å². The summed E-state index contributed by atoms with van der Waals surface area (Å²) in [7, 11) is 0. The number of rotatable bonds is 2. The van der Waals surface area contributed by atoms with E-state index in [1.165, 1.54) is 6.07 Å². The maximum Gasteiger partial charge on any atom is 0.123 e. The van der Waals surface area contributed by atoms with Crippen LogP contribution >= 0.6 is 15.9 Å². The van der Waals surface area contributed by atoms with E-state index in [4.69, 9.17) is 5.73 Å². The summed E-state index contributed by atoms with van der Waals surface area (Å²) in [4.78, 5) is 2.35. The molecule has 1 aliphatic heterocycles. The van der Waals surface area contributed by atoms with E-state index in [0.717, 1.165) is 36.1 Å². The first kappa shape index (κ1) is 14.0. The highest BCUT2D eigenvalue weighted by molar-refractivity contribution is 9.10. The number of nitrogens with zero attached hydrogens (tertiary/aromatic N) is 1. The second kappa shape index (κ2) is 5.27. The molecule has 0 aliphatic carbocycles. The molecular weight excluding hydrogens is 295 g/mol. The van der Waals surface area contributed by atoms with E-state index in [9.17, 15) is 4.39 Å². The molecule has 0 saturated carbocycles. The lowest BCUT2D eigenvalue weighted by Gasteiger charge is -2.42. The monoisotopic (exact) mass is 314 g/mol. The highest BCUT2D eigenvalue weighted by atomic mass is 79.9. The standard InChI is InChI=1S/C14H20BrFN2/c1-14(2)9-18(6-5-13(14)17)8-10-7-11(16)3-4-12(10)15/h3-4,7,13H,5-6,8-9,17H2,1-2H3. The van der Waals surface area contributed by atoms with Crippen molar-refractivity contribution in [3.63, 3.8) is 0 Å². The van der Waals surface area contributed by atoms with Gasteiger partial charge in [0.1, 0.15) is 5.82 Å². The molecule has 0 amide bonds. The van der Waals surface area contributed by atoms with Crippen LogP contribution < -0.4 is 5.73 Å². The molecule has 2 N–H and O–H groups in total. The zero-order valence-corrected chi connectivity index (χ0v) is 12.5. The predicted octanol–water partition coefficient (Wildman–Crippen LogP) is 3.15. The maximum atomic E-state index is 13.3. The summed E-state index contributed by atoms with van der Waals surface area (Å²) in [6.45, 7) is 7.11. The highest BCUT2D eigenvalue weighted by Gasteiger charge is 2.33. The number of nitrogens with two attached hydrogens (primary N) is 1. The summed E-state index contributed by atoms with van der Waals surface area (Å²) in [6.07, 6.45) is 1.000. The summed E-state index contributed by atoms with van der Waals surface area (Å²) in [5, 5.41) is 0. The molecule has 2 nitrogen and oxygen atoms in total. The van der Waals surface area contributed by atoms with E-state index in [-0.39, 0.29) is 17.3 Å². The molecule has 1 aromatic carbocycles. The lowest BCUT2D eigenvalue weighted by atomic mass is 9.79. The van der Waals surface area contributed by atoms with Crippen LogP contribution in [-0.4, -0.2) is 24.0 Å². The third-order valence-corrected chi connectivity index (χ3v) is 4.57. The zero-order chi connectivity index (χ0) is 13.3. The molecule has 1 heterocycles. The van der Waals surface area contributed by atoms with Crippen molar-refractivity contribution in [3.05, 3.63) is 34.1 Å². The van der Waals surface area contributed by atoms with Crippen LogP contribution in [0.3, 0.4) is 0 Å². The Morgan fingerprint density at radius 2 is 2.22 bits per heavy atom. The average molecular weight is 315 g/mol. The van der Waals surface area contributed by atoms with Crippen molar-refractivity contribution >= 4 is 15.9 Å². The first-order valence-corrected chi connectivity index (χ1v) is 7.10. The van der Waals surface area contributed by atoms with Gasteiger partial charge in [-0.2, -0.15) is 0 Å². The number of benzene rings is 1. The number of hydrogen-bond donors (Lipinski definition) is 1. The maximum absolute atomic E-state index is 13.3. The van der Waals surface area contributed by atoms with Crippen LogP contribution in [0.2, 0.25) is 0 Å². The minimum Gasteiger partial charge on any atom is -0.327 e. The van der Waals surface area contributed by atoms with Gasteiger partial charge in [-0.1, -0.05) is 29.8 Å². The fraction of sp³-hybridized carbons (Fsp3) is 0.571. The Labute approximate surface area is 116 Å². The van der Waals surface area contributed by atoms with Crippen molar-refractivity contribution in [1.29, 1.82) is 0 Å². The molecule has 1 aliphatic rings. The van der Waals surface area contributed by atoms with Gasteiger partial charge in [-0.15, -0.1) is 0 Å². The summed E-state index contributed by atoms with van der Waals surface area (Å²) in [6, 6.07) is 5.10. The van der Waals surface area contributed by atoms with E-state index < -0.39 is 0 Å². The highest BCUT2D eigenvalue weighted by Crippen LogP contribution is 2.29. The Balaban J connectivity index is 2.08. The molecule has 1 saturated heterocycles. The van der Waals surface area contributed by atoms with Crippen LogP contribution in [0.1, 0.15) is 25.8 Å². The van der Waals surface area contributed by atoms with E-state index in [1.54, 1.807) is 12.1 Å². The topological polar surface area (TPSA) is 29.3 Å². The Hall–Kier alpha value is -0.450. The van der Waals surface area contributed by atoms with Gasteiger partial charge < -0.3 is 5.73 Å². The first-order valence-electron chi connectivity index (χ1n) is 6.30. The summed E-state index contributed by atoms with van der Waals surface area (Å²) >= 11 is 3.48. The molecule has 18 heavy (non-hydrogen) atoms. The zero-order valence-electron chi connectivity index (χ0n) is 10.9. The number of hydrogen-bond acceptors (Lipinski definition) is 2. The van der Waals surface area contributed by atoms with Crippen molar-refractivity contribution in [1.82, 2.24) is 4.90 Å². The average Bonchev–Trinajstić information content (AvgIpc) is 2.28. The minimum absolute atomic E-state index is 0.123. The molecule has 4 heteroatoms. The molecule has 0 radical (unpaired) electrons. The molecule has 0 spiro atoms. The van der Waals surface area contributed by atoms with Gasteiger partial charge in [0.25, 0.3) is 0 Å². The van der Waals surface area contributed by atoms with Crippen molar-refractivity contribution in [3.8, 4) is 0 Å². The first-order chi connectivity index (χ1) is 8.38. The molecule has 1 unspecified atom stereocenters. The molecule has 0 bridgehead atoms. The predicted molar refractivity (Wildman–Crippen MR) is 75.8 cm³/mol. The minimum atomic E-state index is -0.179. The second-order valence-corrected chi connectivity index (χ2v) is 6.68. The Morgan fingerprint density at radius 1 is 1.50 bits per heavy atom. The third kappa shape index (κ3) is 3.11. The van der Waals surface area contributed by atoms with E-state index in [2.05, 4.69) is 34.7 Å². The second-order valence-electron chi connectivity index (χ2n) is 5.83. The van der Waals surface area contributed by atoms with Crippen LogP contribution in [0.15, 0.2) is 22.7 Å². The molecular formula is C14H20BrFN2. The van der Waals surface area contributed by atoms with Crippen molar-refractivity contribution in [2.24, 2.45) is 11.1 Å². The van der Waals surface area contributed by atoms with Crippen LogP contribution in [0.4, 0.5) is 4.39 Å². The third-order valence-electron chi connectivity index (χ3n) is 3.79. The van der Waals surface area contributed by atoms with Crippen LogP contribution in [0.5, 0.6) is 0 Å². The molecule has 1 aromatic rings. The van der Waals surface area contributed by atoms with Crippen LogP contribution in [0.25, 0.3) is 0 Å². The Bertz CT molecular complexity index is 434. The van der Waals surface area contributed by atoms with Crippen LogP contribution in [-0.2, 0) is 6.54 Å². The Kier molecular flexibility index (Phi) is 4.09. The number of likely N-dealkylation sites (tertiary alicyclic amines) is 1. The van der Waals surface area contributed by atoms with Gasteiger partial charge in [-0.25, -0.2) is 4.39 Å². The number of piperidine rings is 1. The quantitative estimate of drug-likeness (QED) is 0.908. The van der Waals surface area contributed by atoms with Gasteiger partial charge in [0.2, 0.25) is 0 Å². The van der Waals surface area contributed by atoms with Gasteiger partial charge in [-0.3, -0.25) is 4.90 Å². The van der Waals surface area contributed by atoms with Crippen LogP contribution in [0, 0.1) is 11.2 Å². The molecule has 2 rings (SSSR count). The number of halogens is 2. The fourth-order valence-electron chi connectivity index (χ4n) is 2.53. The van der Waals surface area contributed by atoms with Gasteiger partial charge in [-0.05, 0) is 35.6 Å². The largest absolute Gasteiger partial charge is 0.327 e. The van der Waals surface area contributed by atoms with E-state index in [0.29, 0.717) is 0 Å². The molecule has 1 atom stereocenters. The molecule has 0 aromatic heterocycles. The summed E-state index contributed by atoms with van der Waals surface area (Å²) in [5.41, 5.74) is 7.25.